The minimum Gasteiger partial charge on any atom is -0.377 e. The van der Waals surface area contributed by atoms with Crippen LogP contribution in [0.2, 0.25) is 0 Å². The molecule has 0 amide bonds. The van der Waals surface area contributed by atoms with E-state index >= 15 is 0 Å². The zero-order valence-corrected chi connectivity index (χ0v) is 17.5. The number of para-hydroxylation sites is 2. The highest BCUT2D eigenvalue weighted by Gasteiger charge is 2.45. The molecule has 1 N–H and O–H groups in total. The molecular weight excluding hydrogens is 423 g/mol. The van der Waals surface area contributed by atoms with Crippen molar-refractivity contribution in [3.63, 3.8) is 0 Å². The van der Waals surface area contributed by atoms with Crippen LogP contribution in [0, 0.1) is 13.8 Å². The molecule has 3 aromatic heterocycles. The smallest absolute Gasteiger partial charge is 0.377 e. The average molecular weight is 443 g/mol. The van der Waals surface area contributed by atoms with E-state index in [0.29, 0.717) is 11.5 Å². The third kappa shape index (κ3) is 3.42. The van der Waals surface area contributed by atoms with Crippen molar-refractivity contribution in [3.8, 4) is 5.82 Å². The molecule has 1 aliphatic carbocycles. The Balaban J connectivity index is 1.51. The quantitative estimate of drug-likeness (QED) is 0.519. The van der Waals surface area contributed by atoms with Crippen molar-refractivity contribution in [1.82, 2.24) is 34.3 Å². The Labute approximate surface area is 180 Å². The molecule has 3 heterocycles. The number of hydrogen-bond donors (Lipinski definition) is 1. The number of rotatable bonds is 4. The number of nitrogens with zero attached hydrogens (tertiary/aromatic N) is 7. The van der Waals surface area contributed by atoms with E-state index in [0.717, 1.165) is 28.0 Å². The number of aliphatic hydroxyl groups excluding tert-OH is 1. The topological polar surface area (TPSA) is 94.5 Å². The molecule has 0 aliphatic heterocycles. The summed E-state index contributed by atoms with van der Waals surface area (Å²) in [5, 5.41) is 13.8. The van der Waals surface area contributed by atoms with Gasteiger partial charge in [0.15, 0.2) is 11.6 Å². The highest BCUT2D eigenvalue weighted by molar-refractivity contribution is 5.76. The molecule has 0 saturated heterocycles. The largest absolute Gasteiger partial charge is 0.421 e. The van der Waals surface area contributed by atoms with Crippen LogP contribution in [0.1, 0.15) is 53.4 Å². The molecule has 1 fully saturated rings. The second-order valence-corrected chi connectivity index (χ2v) is 8.04. The summed E-state index contributed by atoms with van der Waals surface area (Å²) in [7, 11) is 1.97. The van der Waals surface area contributed by atoms with Gasteiger partial charge in [0.1, 0.15) is 17.5 Å². The minimum absolute atomic E-state index is 0.0616. The highest BCUT2D eigenvalue weighted by atomic mass is 19.4. The zero-order chi connectivity index (χ0) is 22.8. The number of benzene rings is 1. The average Bonchev–Trinajstić information content (AvgIpc) is 3.33. The summed E-state index contributed by atoms with van der Waals surface area (Å²) in [5.41, 5.74) is 2.65. The SMILES string of the molecule is Cc1nc(C2CC2c2nc3ccccc3n2C)cc(-n2nc(C)nc2C(O)C(F)(F)F)n1. The molecule has 0 bridgehead atoms. The number of hydrogen-bond acceptors (Lipinski definition) is 6. The summed E-state index contributed by atoms with van der Waals surface area (Å²) in [6.07, 6.45) is -6.82. The molecule has 11 heteroatoms. The van der Waals surface area contributed by atoms with Gasteiger partial charge in [-0.25, -0.2) is 19.9 Å². The first-order valence-electron chi connectivity index (χ1n) is 10.1. The van der Waals surface area contributed by atoms with Crippen LogP contribution in [0.25, 0.3) is 16.9 Å². The van der Waals surface area contributed by atoms with Crippen molar-refractivity contribution >= 4 is 11.0 Å². The van der Waals surface area contributed by atoms with E-state index < -0.39 is 18.1 Å². The number of aromatic nitrogens is 7. The Morgan fingerprint density at radius 3 is 2.50 bits per heavy atom. The van der Waals surface area contributed by atoms with Crippen molar-refractivity contribution in [1.29, 1.82) is 0 Å². The van der Waals surface area contributed by atoms with Crippen LogP contribution < -0.4 is 0 Å². The number of aryl methyl sites for hydroxylation is 3. The lowest BCUT2D eigenvalue weighted by Gasteiger charge is -2.15. The normalized spacial score (nSPS) is 19.5. The lowest BCUT2D eigenvalue weighted by Crippen LogP contribution is -2.24. The second kappa shape index (κ2) is 7.09. The summed E-state index contributed by atoms with van der Waals surface area (Å²) in [6.45, 7) is 3.13. The summed E-state index contributed by atoms with van der Waals surface area (Å²) in [5.74, 6) is 1.17. The molecule has 166 valence electrons. The van der Waals surface area contributed by atoms with Gasteiger partial charge in [-0.15, -0.1) is 5.10 Å². The molecule has 32 heavy (non-hydrogen) atoms. The van der Waals surface area contributed by atoms with Gasteiger partial charge in [0.05, 0.1) is 16.7 Å². The lowest BCUT2D eigenvalue weighted by molar-refractivity contribution is -0.209. The Hall–Kier alpha value is -3.34. The van der Waals surface area contributed by atoms with E-state index in [4.69, 9.17) is 4.98 Å². The molecule has 8 nitrogen and oxygen atoms in total. The number of aliphatic hydroxyl groups is 1. The first-order chi connectivity index (χ1) is 15.1. The van der Waals surface area contributed by atoms with Gasteiger partial charge in [-0.05, 0) is 32.4 Å². The fourth-order valence-corrected chi connectivity index (χ4v) is 4.10. The Kier molecular flexibility index (Phi) is 4.55. The van der Waals surface area contributed by atoms with Gasteiger partial charge < -0.3 is 9.67 Å². The van der Waals surface area contributed by atoms with Crippen LogP contribution in [0.15, 0.2) is 30.3 Å². The predicted molar refractivity (Wildman–Crippen MR) is 108 cm³/mol. The van der Waals surface area contributed by atoms with Gasteiger partial charge in [-0.1, -0.05) is 12.1 Å². The third-order valence-electron chi connectivity index (χ3n) is 5.68. The third-order valence-corrected chi connectivity index (χ3v) is 5.68. The molecule has 3 unspecified atom stereocenters. The van der Waals surface area contributed by atoms with E-state index in [1.54, 1.807) is 13.0 Å². The van der Waals surface area contributed by atoms with Gasteiger partial charge in [0, 0.05) is 24.9 Å². The van der Waals surface area contributed by atoms with Crippen LogP contribution in [-0.4, -0.2) is 45.6 Å². The van der Waals surface area contributed by atoms with Gasteiger partial charge in [-0.3, -0.25) is 0 Å². The van der Waals surface area contributed by atoms with E-state index in [1.807, 2.05) is 31.3 Å². The minimum atomic E-state index is -4.87. The van der Waals surface area contributed by atoms with Gasteiger partial charge >= 0.3 is 6.18 Å². The first-order valence-corrected chi connectivity index (χ1v) is 10.1. The second-order valence-electron chi connectivity index (χ2n) is 8.04. The molecule has 0 radical (unpaired) electrons. The van der Waals surface area contributed by atoms with Crippen molar-refractivity contribution in [3.05, 3.63) is 59.3 Å². The number of alkyl halides is 3. The van der Waals surface area contributed by atoms with E-state index in [9.17, 15) is 18.3 Å². The summed E-state index contributed by atoms with van der Waals surface area (Å²) >= 11 is 0. The molecular formula is C21H20F3N7O. The van der Waals surface area contributed by atoms with Crippen molar-refractivity contribution < 1.29 is 18.3 Å². The Morgan fingerprint density at radius 2 is 1.78 bits per heavy atom. The Morgan fingerprint density at radius 1 is 1.03 bits per heavy atom. The maximum absolute atomic E-state index is 13.1. The fourth-order valence-electron chi connectivity index (χ4n) is 4.10. The van der Waals surface area contributed by atoms with Crippen LogP contribution in [0.4, 0.5) is 13.2 Å². The van der Waals surface area contributed by atoms with Gasteiger partial charge in [0.2, 0.25) is 6.10 Å². The van der Waals surface area contributed by atoms with Gasteiger partial charge in [0.25, 0.3) is 0 Å². The first kappa shape index (κ1) is 20.6. The standard InChI is InChI=1S/C21H20F3N7O/c1-10-25-15(12-8-13(12)19-28-14-6-4-5-7-16(14)30(19)3)9-17(26-10)31-20(27-11(2)29-31)18(32)21(22,23)24/h4-7,9,12-13,18,32H,8H2,1-3H3. The van der Waals surface area contributed by atoms with Crippen LogP contribution in [-0.2, 0) is 7.05 Å². The predicted octanol–water partition coefficient (Wildman–Crippen LogP) is 3.43. The Bertz CT molecular complexity index is 1330. The summed E-state index contributed by atoms with van der Waals surface area (Å²) < 4.78 is 42.4. The van der Waals surface area contributed by atoms with Crippen molar-refractivity contribution in [2.24, 2.45) is 7.05 Å². The molecule has 0 spiro atoms. The highest BCUT2D eigenvalue weighted by Crippen LogP contribution is 2.54. The molecule has 5 rings (SSSR count). The monoisotopic (exact) mass is 443 g/mol. The van der Waals surface area contributed by atoms with Crippen LogP contribution >= 0.6 is 0 Å². The van der Waals surface area contributed by atoms with Crippen LogP contribution in [0.3, 0.4) is 0 Å². The van der Waals surface area contributed by atoms with E-state index in [-0.39, 0.29) is 23.5 Å². The van der Waals surface area contributed by atoms with Crippen molar-refractivity contribution in [2.45, 2.75) is 44.4 Å². The van der Waals surface area contributed by atoms with Crippen LogP contribution in [0.5, 0.6) is 0 Å². The molecule has 3 atom stereocenters. The van der Waals surface area contributed by atoms with E-state index in [2.05, 4.69) is 24.6 Å². The molecule has 1 aliphatic rings. The molecule has 4 aromatic rings. The molecule has 1 aromatic carbocycles. The van der Waals surface area contributed by atoms with Crippen molar-refractivity contribution in [2.75, 3.05) is 0 Å². The number of imidazole rings is 1. The lowest BCUT2D eigenvalue weighted by atomic mass is 10.2. The maximum Gasteiger partial charge on any atom is 0.421 e. The van der Waals surface area contributed by atoms with E-state index in [1.165, 1.54) is 6.92 Å². The zero-order valence-electron chi connectivity index (χ0n) is 17.5. The molecule has 1 saturated carbocycles. The fraction of sp³-hybridized carbons (Fsp3) is 0.381. The summed E-state index contributed by atoms with van der Waals surface area (Å²) in [4.78, 5) is 17.3. The summed E-state index contributed by atoms with van der Waals surface area (Å²) in [6, 6.07) is 9.49. The number of halogens is 3. The number of fused-ring (bicyclic) bond motifs is 1. The maximum atomic E-state index is 13.1. The van der Waals surface area contributed by atoms with Gasteiger partial charge in [-0.2, -0.15) is 17.9 Å².